The number of hydrogen-bond donors (Lipinski definition) is 2. The van der Waals surface area contributed by atoms with E-state index in [-0.39, 0.29) is 5.91 Å². The molecule has 5 nitrogen and oxygen atoms in total. The Morgan fingerprint density at radius 1 is 0.882 bits per heavy atom. The first-order valence-corrected chi connectivity index (χ1v) is 10.4. The van der Waals surface area contributed by atoms with Gasteiger partial charge in [0.15, 0.2) is 0 Å². The van der Waals surface area contributed by atoms with E-state index >= 15 is 0 Å². The van der Waals surface area contributed by atoms with Gasteiger partial charge in [-0.2, -0.15) is 13.2 Å². The number of H-pyrrole nitrogens is 1. The van der Waals surface area contributed by atoms with Gasteiger partial charge in [0.1, 0.15) is 5.65 Å². The van der Waals surface area contributed by atoms with Crippen LogP contribution >= 0.6 is 0 Å². The molecule has 1 amide bonds. The highest BCUT2D eigenvalue weighted by Crippen LogP contribution is 2.33. The number of aromatic nitrogens is 3. The Labute approximate surface area is 192 Å². The van der Waals surface area contributed by atoms with Gasteiger partial charge in [-0.15, -0.1) is 0 Å². The van der Waals surface area contributed by atoms with Crippen molar-refractivity contribution in [2.45, 2.75) is 6.18 Å². The second kappa shape index (κ2) is 8.47. The average molecular weight is 458 g/mol. The van der Waals surface area contributed by atoms with Gasteiger partial charge in [0.25, 0.3) is 5.91 Å². The number of carbonyl (C=O) groups excluding carboxylic acids is 1. The Balaban J connectivity index is 1.47. The second-order valence-electron chi connectivity index (χ2n) is 7.64. The molecule has 5 aromatic rings. The summed E-state index contributed by atoms with van der Waals surface area (Å²) in [5.74, 6) is -0.389. The van der Waals surface area contributed by atoms with Crippen LogP contribution in [-0.2, 0) is 6.18 Å². The summed E-state index contributed by atoms with van der Waals surface area (Å²) < 4.78 is 38.8. The number of amides is 1. The van der Waals surface area contributed by atoms with Crippen LogP contribution in [0.1, 0.15) is 15.9 Å². The van der Waals surface area contributed by atoms with E-state index in [1.165, 1.54) is 24.5 Å². The summed E-state index contributed by atoms with van der Waals surface area (Å²) in [5.41, 5.74) is 3.53. The van der Waals surface area contributed by atoms with Crippen molar-refractivity contribution in [3.8, 4) is 22.3 Å². The third kappa shape index (κ3) is 4.13. The molecule has 0 saturated carbocycles. The van der Waals surface area contributed by atoms with Crippen molar-refractivity contribution in [1.82, 2.24) is 15.0 Å². The molecule has 3 heterocycles. The fourth-order valence-electron chi connectivity index (χ4n) is 3.75. The van der Waals surface area contributed by atoms with Crippen LogP contribution < -0.4 is 5.32 Å². The van der Waals surface area contributed by atoms with Crippen LogP contribution in [0.15, 0.2) is 91.5 Å². The van der Waals surface area contributed by atoms with E-state index in [9.17, 15) is 18.0 Å². The summed E-state index contributed by atoms with van der Waals surface area (Å²) in [6, 6.07) is 18.0. The first-order chi connectivity index (χ1) is 16.4. The van der Waals surface area contributed by atoms with Gasteiger partial charge in [0, 0.05) is 35.1 Å². The predicted molar refractivity (Wildman–Crippen MR) is 124 cm³/mol. The SMILES string of the molecule is O=C(Nc1cnccc1-c1ccc(C(F)(F)F)cc1)c1c[nH]c2ncc(-c3ccccc3)cc12. The quantitative estimate of drug-likeness (QED) is 0.320. The fourth-order valence-corrected chi connectivity index (χ4v) is 3.75. The van der Waals surface area contributed by atoms with E-state index in [4.69, 9.17) is 0 Å². The van der Waals surface area contributed by atoms with Gasteiger partial charge < -0.3 is 10.3 Å². The highest BCUT2D eigenvalue weighted by molar-refractivity contribution is 6.13. The number of rotatable bonds is 4. The number of halogens is 3. The molecule has 34 heavy (non-hydrogen) atoms. The van der Waals surface area contributed by atoms with Crippen LogP contribution in [0.3, 0.4) is 0 Å². The minimum Gasteiger partial charge on any atom is -0.345 e. The molecule has 2 aromatic carbocycles. The molecule has 8 heteroatoms. The molecular weight excluding hydrogens is 441 g/mol. The predicted octanol–water partition coefficient (Wildman–Crippen LogP) is 6.56. The van der Waals surface area contributed by atoms with Crippen LogP contribution in [0.2, 0.25) is 0 Å². The number of alkyl halides is 3. The molecule has 0 aliphatic carbocycles. The standard InChI is InChI=1S/C26H17F3N4O/c27-26(28,29)19-8-6-17(7-9-19)20-10-11-30-15-23(20)33-25(34)22-14-32-24-21(22)12-18(13-31-24)16-4-2-1-3-5-16/h1-15H,(H,31,32)(H,33,34). The normalized spacial score (nSPS) is 11.5. The number of pyridine rings is 2. The topological polar surface area (TPSA) is 70.7 Å². The molecule has 0 bridgehead atoms. The van der Waals surface area contributed by atoms with Crippen molar-refractivity contribution < 1.29 is 18.0 Å². The van der Waals surface area contributed by atoms with E-state index in [0.717, 1.165) is 23.3 Å². The largest absolute Gasteiger partial charge is 0.416 e. The highest BCUT2D eigenvalue weighted by Gasteiger charge is 2.30. The van der Waals surface area contributed by atoms with E-state index in [1.807, 2.05) is 36.4 Å². The van der Waals surface area contributed by atoms with Gasteiger partial charge in [0.2, 0.25) is 0 Å². The summed E-state index contributed by atoms with van der Waals surface area (Å²) in [4.78, 5) is 24.7. The minimum atomic E-state index is -4.42. The van der Waals surface area contributed by atoms with E-state index in [1.54, 1.807) is 18.5 Å². The van der Waals surface area contributed by atoms with Gasteiger partial charge in [-0.05, 0) is 35.4 Å². The lowest BCUT2D eigenvalue weighted by Gasteiger charge is -2.12. The van der Waals surface area contributed by atoms with Gasteiger partial charge >= 0.3 is 6.18 Å². The first kappa shape index (κ1) is 21.4. The molecule has 5 rings (SSSR count). The fraction of sp³-hybridized carbons (Fsp3) is 0.0385. The Kier molecular flexibility index (Phi) is 5.33. The molecule has 3 aromatic heterocycles. The number of carbonyl (C=O) groups is 1. The Hall–Kier alpha value is -4.46. The zero-order valence-electron chi connectivity index (χ0n) is 17.6. The van der Waals surface area contributed by atoms with Crippen molar-refractivity contribution in [3.63, 3.8) is 0 Å². The van der Waals surface area contributed by atoms with Crippen molar-refractivity contribution in [3.05, 3.63) is 103 Å². The molecule has 0 spiro atoms. The zero-order chi connectivity index (χ0) is 23.7. The van der Waals surface area contributed by atoms with Crippen LogP contribution in [0.4, 0.5) is 18.9 Å². The first-order valence-electron chi connectivity index (χ1n) is 10.4. The van der Waals surface area contributed by atoms with Crippen LogP contribution in [0.25, 0.3) is 33.3 Å². The lowest BCUT2D eigenvalue weighted by Crippen LogP contribution is -2.12. The van der Waals surface area contributed by atoms with E-state index in [0.29, 0.717) is 33.4 Å². The Bertz CT molecular complexity index is 1480. The van der Waals surface area contributed by atoms with Gasteiger partial charge in [-0.25, -0.2) is 4.98 Å². The van der Waals surface area contributed by atoms with Crippen molar-refractivity contribution in [2.75, 3.05) is 5.32 Å². The highest BCUT2D eigenvalue weighted by atomic mass is 19.4. The van der Waals surface area contributed by atoms with Crippen molar-refractivity contribution in [1.29, 1.82) is 0 Å². The van der Waals surface area contributed by atoms with E-state index in [2.05, 4.69) is 20.3 Å². The maximum absolute atomic E-state index is 13.2. The van der Waals surface area contributed by atoms with Crippen LogP contribution in [0, 0.1) is 0 Å². The maximum atomic E-state index is 13.2. The average Bonchev–Trinajstić information content (AvgIpc) is 3.28. The van der Waals surface area contributed by atoms with Crippen LogP contribution in [0.5, 0.6) is 0 Å². The third-order valence-corrected chi connectivity index (χ3v) is 5.48. The van der Waals surface area contributed by atoms with Gasteiger partial charge in [-0.1, -0.05) is 42.5 Å². The molecule has 0 fully saturated rings. The number of nitrogens with one attached hydrogen (secondary N) is 2. The second-order valence-corrected chi connectivity index (χ2v) is 7.64. The summed E-state index contributed by atoms with van der Waals surface area (Å²) in [6.07, 6.45) is 1.88. The lowest BCUT2D eigenvalue weighted by molar-refractivity contribution is -0.137. The minimum absolute atomic E-state index is 0.383. The molecule has 0 unspecified atom stereocenters. The smallest absolute Gasteiger partial charge is 0.345 e. The molecule has 168 valence electrons. The summed E-state index contributed by atoms with van der Waals surface area (Å²) >= 11 is 0. The maximum Gasteiger partial charge on any atom is 0.416 e. The molecule has 0 saturated heterocycles. The van der Waals surface area contributed by atoms with Crippen molar-refractivity contribution >= 4 is 22.6 Å². The number of benzene rings is 2. The molecule has 0 aliphatic rings. The summed E-state index contributed by atoms with van der Waals surface area (Å²) in [7, 11) is 0. The van der Waals surface area contributed by atoms with Crippen molar-refractivity contribution in [2.24, 2.45) is 0 Å². The number of fused-ring (bicyclic) bond motifs is 1. The molecule has 0 atom stereocenters. The van der Waals surface area contributed by atoms with Crippen LogP contribution in [-0.4, -0.2) is 20.9 Å². The Morgan fingerprint density at radius 2 is 1.65 bits per heavy atom. The van der Waals surface area contributed by atoms with E-state index < -0.39 is 11.7 Å². The Morgan fingerprint density at radius 3 is 2.38 bits per heavy atom. The summed E-state index contributed by atoms with van der Waals surface area (Å²) in [5, 5.41) is 3.49. The van der Waals surface area contributed by atoms with Gasteiger partial charge in [-0.3, -0.25) is 9.78 Å². The molecule has 0 radical (unpaired) electrons. The molecule has 0 aliphatic heterocycles. The number of anilines is 1. The number of hydrogen-bond acceptors (Lipinski definition) is 3. The zero-order valence-corrected chi connectivity index (χ0v) is 17.6. The monoisotopic (exact) mass is 458 g/mol. The number of aromatic amines is 1. The summed E-state index contributed by atoms with van der Waals surface area (Å²) in [6.45, 7) is 0. The number of nitrogens with zero attached hydrogens (tertiary/aromatic N) is 2. The third-order valence-electron chi connectivity index (χ3n) is 5.48. The van der Waals surface area contributed by atoms with Gasteiger partial charge in [0.05, 0.1) is 23.0 Å². The molecular formula is C26H17F3N4O. The molecule has 2 N–H and O–H groups in total. The lowest BCUT2D eigenvalue weighted by atomic mass is 10.0.